The predicted molar refractivity (Wildman–Crippen MR) is 166 cm³/mol. The van der Waals surface area contributed by atoms with Crippen molar-refractivity contribution < 1.29 is 31.8 Å². The summed E-state index contributed by atoms with van der Waals surface area (Å²) in [6.45, 7) is 5.19. The van der Waals surface area contributed by atoms with Crippen molar-refractivity contribution in [3.8, 4) is 22.9 Å². The van der Waals surface area contributed by atoms with Crippen LogP contribution in [0.25, 0.3) is 22.4 Å². The maximum atomic E-state index is 14.8. The SMILES string of the molecule is CC1(c2ncc(Cl)cc2F)Oc2cccc(C3CCN(Cc4nc5cc(-c6n[nH]c(C(F)(F)F)n6)ccc5n4CC4CCO4)CC3)c2O1. The molecule has 2 fully saturated rings. The second-order valence-corrected chi connectivity index (χ2v) is 12.9. The van der Waals surface area contributed by atoms with Crippen LogP contribution in [0.3, 0.4) is 0 Å². The Balaban J connectivity index is 0.998. The average molecular weight is 684 g/mol. The fourth-order valence-electron chi connectivity index (χ4n) is 6.71. The number of aromatic amines is 1. The zero-order valence-corrected chi connectivity index (χ0v) is 26.5. The number of pyridine rings is 1. The van der Waals surface area contributed by atoms with Crippen LogP contribution in [-0.4, -0.2) is 60.4 Å². The van der Waals surface area contributed by atoms with E-state index in [0.29, 0.717) is 35.7 Å². The summed E-state index contributed by atoms with van der Waals surface area (Å²) in [5.41, 5.74) is 3.00. The van der Waals surface area contributed by atoms with Crippen molar-refractivity contribution in [2.24, 2.45) is 0 Å². The highest BCUT2D eigenvalue weighted by Gasteiger charge is 2.44. The molecule has 0 bridgehead atoms. The van der Waals surface area contributed by atoms with Crippen LogP contribution in [0.1, 0.15) is 55.0 Å². The molecule has 3 aliphatic heterocycles. The number of alkyl halides is 3. The molecule has 2 unspecified atom stereocenters. The molecule has 250 valence electrons. The summed E-state index contributed by atoms with van der Waals surface area (Å²) in [4.78, 5) is 15.1. The van der Waals surface area contributed by atoms with Crippen LogP contribution >= 0.6 is 11.6 Å². The van der Waals surface area contributed by atoms with Crippen LogP contribution in [0, 0.1) is 5.82 Å². The third-order valence-corrected chi connectivity index (χ3v) is 9.47. The van der Waals surface area contributed by atoms with Crippen LogP contribution in [-0.2, 0) is 29.8 Å². The van der Waals surface area contributed by atoms with Crippen LogP contribution in [0.2, 0.25) is 5.02 Å². The Labute approximate surface area is 277 Å². The van der Waals surface area contributed by atoms with Gasteiger partial charge in [-0.3, -0.25) is 10.00 Å². The Morgan fingerprint density at radius 3 is 2.58 bits per heavy atom. The smallest absolute Gasteiger partial charge is 0.443 e. The minimum absolute atomic E-state index is 0.0258. The van der Waals surface area contributed by atoms with Crippen molar-refractivity contribution in [3.05, 3.63) is 82.4 Å². The average Bonchev–Trinajstić information content (AvgIpc) is 3.74. The van der Waals surface area contributed by atoms with E-state index in [-0.39, 0.29) is 28.6 Å². The van der Waals surface area contributed by atoms with Crippen molar-refractivity contribution in [1.29, 1.82) is 0 Å². The second kappa shape index (κ2) is 11.7. The summed E-state index contributed by atoms with van der Waals surface area (Å²) in [7, 11) is 0. The maximum Gasteiger partial charge on any atom is 0.451 e. The molecule has 0 amide bonds. The lowest BCUT2D eigenvalue weighted by molar-refractivity contribution is -0.144. The number of aromatic nitrogens is 6. The number of hydrogen-bond acceptors (Lipinski definition) is 8. The maximum absolute atomic E-state index is 14.8. The van der Waals surface area contributed by atoms with Crippen molar-refractivity contribution >= 4 is 22.6 Å². The molecular weight excluding hydrogens is 654 g/mol. The fraction of sp³-hybridized carbons (Fsp3) is 0.394. The number of rotatable bonds is 7. The first-order valence-electron chi connectivity index (χ1n) is 15.7. The molecule has 6 heterocycles. The highest BCUT2D eigenvalue weighted by Crippen LogP contribution is 2.49. The van der Waals surface area contributed by atoms with E-state index in [2.05, 4.69) is 24.5 Å². The zero-order chi connectivity index (χ0) is 33.2. The molecule has 0 saturated carbocycles. The van der Waals surface area contributed by atoms with E-state index in [9.17, 15) is 17.6 Å². The molecule has 0 spiro atoms. The highest BCUT2D eigenvalue weighted by atomic mass is 35.5. The first-order chi connectivity index (χ1) is 23.0. The third kappa shape index (κ3) is 5.65. The molecule has 5 aromatic rings. The minimum atomic E-state index is -4.61. The number of imidazole rings is 1. The Morgan fingerprint density at radius 1 is 1.06 bits per heavy atom. The molecule has 3 aromatic heterocycles. The zero-order valence-electron chi connectivity index (χ0n) is 25.7. The molecule has 10 nitrogen and oxygen atoms in total. The van der Waals surface area contributed by atoms with Crippen molar-refractivity contribution in [3.63, 3.8) is 0 Å². The van der Waals surface area contributed by atoms with Gasteiger partial charge in [-0.2, -0.15) is 18.3 Å². The molecule has 2 atom stereocenters. The Morgan fingerprint density at radius 2 is 1.88 bits per heavy atom. The largest absolute Gasteiger partial charge is 0.451 e. The van der Waals surface area contributed by atoms with Gasteiger partial charge in [0.15, 0.2) is 28.8 Å². The van der Waals surface area contributed by atoms with E-state index in [1.165, 1.54) is 12.3 Å². The van der Waals surface area contributed by atoms with Gasteiger partial charge < -0.3 is 18.8 Å². The van der Waals surface area contributed by atoms with Gasteiger partial charge in [-0.25, -0.2) is 19.3 Å². The number of para-hydroxylation sites is 1. The van der Waals surface area contributed by atoms with Gasteiger partial charge in [0, 0.05) is 30.9 Å². The van der Waals surface area contributed by atoms with E-state index >= 15 is 0 Å². The molecule has 8 rings (SSSR count). The Bertz CT molecular complexity index is 2010. The van der Waals surface area contributed by atoms with Gasteiger partial charge in [0.05, 0.1) is 35.2 Å². The normalized spacial score (nSPS) is 21.6. The third-order valence-electron chi connectivity index (χ3n) is 9.26. The van der Waals surface area contributed by atoms with E-state index in [0.717, 1.165) is 55.9 Å². The van der Waals surface area contributed by atoms with Crippen molar-refractivity contribution in [1.82, 2.24) is 34.6 Å². The lowest BCUT2D eigenvalue weighted by Crippen LogP contribution is -2.35. The monoisotopic (exact) mass is 683 g/mol. The second-order valence-electron chi connectivity index (χ2n) is 12.5. The number of likely N-dealkylation sites (tertiary alicyclic amines) is 1. The standard InChI is InChI=1S/C33H30ClF4N7O3/c1-32(29-23(35)14-20(34)15-39-29)47-26-4-2-3-22(28(26)48-32)18-7-10-44(11-8-18)17-27-40-24-13-19(30-41-31(43-42-30)33(36,37)38)5-6-25(24)45(27)16-21-9-12-46-21/h2-6,13-15,18,21H,7-12,16-17H2,1H3,(H,41,42,43). The first-order valence-corrected chi connectivity index (χ1v) is 16.1. The van der Waals surface area contributed by atoms with Gasteiger partial charge in [-0.1, -0.05) is 23.7 Å². The minimum Gasteiger partial charge on any atom is -0.443 e. The topological polar surface area (TPSA) is 103 Å². The molecule has 1 N–H and O–H groups in total. The van der Waals surface area contributed by atoms with Crippen LogP contribution < -0.4 is 9.47 Å². The Kier molecular flexibility index (Phi) is 7.57. The number of benzene rings is 2. The molecule has 15 heteroatoms. The number of hydrogen-bond donors (Lipinski definition) is 1. The number of piperidine rings is 1. The Hall–Kier alpha value is -4.27. The molecule has 48 heavy (non-hydrogen) atoms. The van der Waals surface area contributed by atoms with Gasteiger partial charge >= 0.3 is 6.18 Å². The molecule has 0 radical (unpaired) electrons. The molecule has 0 aliphatic carbocycles. The summed E-state index contributed by atoms with van der Waals surface area (Å²) < 4.78 is 74.4. The lowest BCUT2D eigenvalue weighted by Gasteiger charge is -2.33. The van der Waals surface area contributed by atoms with Crippen molar-refractivity contribution in [2.75, 3.05) is 19.7 Å². The number of fused-ring (bicyclic) bond motifs is 2. The highest BCUT2D eigenvalue weighted by molar-refractivity contribution is 6.30. The molecule has 2 aromatic carbocycles. The van der Waals surface area contributed by atoms with Crippen molar-refractivity contribution in [2.45, 2.75) is 63.3 Å². The van der Waals surface area contributed by atoms with E-state index in [1.807, 2.05) is 29.4 Å². The van der Waals surface area contributed by atoms with E-state index in [4.69, 9.17) is 30.8 Å². The quantitative estimate of drug-likeness (QED) is 0.186. The van der Waals surface area contributed by atoms with Gasteiger partial charge in [0.2, 0.25) is 5.82 Å². The van der Waals surface area contributed by atoms with Crippen LogP contribution in [0.15, 0.2) is 48.7 Å². The van der Waals surface area contributed by atoms with Gasteiger partial charge in [0.25, 0.3) is 5.79 Å². The predicted octanol–water partition coefficient (Wildman–Crippen LogP) is 6.84. The summed E-state index contributed by atoms with van der Waals surface area (Å²) in [6.07, 6.45) is -0.505. The number of nitrogens with one attached hydrogen (secondary N) is 1. The van der Waals surface area contributed by atoms with E-state index < -0.39 is 23.6 Å². The summed E-state index contributed by atoms with van der Waals surface area (Å²) in [5.74, 6) is -1.03. The molecule has 3 aliphatic rings. The number of halogens is 5. The number of ether oxygens (including phenoxy) is 3. The van der Waals surface area contributed by atoms with Gasteiger partial charge in [0.1, 0.15) is 5.82 Å². The molecule has 2 saturated heterocycles. The van der Waals surface area contributed by atoms with E-state index in [1.54, 1.807) is 19.1 Å². The molecular formula is C33H30ClF4N7O3. The van der Waals surface area contributed by atoms with Crippen LogP contribution in [0.5, 0.6) is 11.5 Å². The van der Waals surface area contributed by atoms with Crippen LogP contribution in [0.4, 0.5) is 17.6 Å². The fourth-order valence-corrected chi connectivity index (χ4v) is 6.85. The lowest BCUT2D eigenvalue weighted by atomic mass is 9.88. The van der Waals surface area contributed by atoms with Gasteiger partial charge in [-0.05, 0) is 68.6 Å². The van der Waals surface area contributed by atoms with Gasteiger partial charge in [-0.15, -0.1) is 0 Å². The summed E-state index contributed by atoms with van der Waals surface area (Å²) >= 11 is 5.91. The summed E-state index contributed by atoms with van der Waals surface area (Å²) in [6, 6.07) is 12.2. The first kappa shape index (κ1) is 31.0. The number of nitrogens with zero attached hydrogens (tertiary/aromatic N) is 6. The summed E-state index contributed by atoms with van der Waals surface area (Å²) in [5, 5.41) is 5.94. The number of H-pyrrole nitrogens is 1.